The number of carbonyl (C=O) groups excluding carboxylic acids is 1. The van der Waals surface area contributed by atoms with Gasteiger partial charge in [0.1, 0.15) is 5.82 Å². The van der Waals surface area contributed by atoms with Gasteiger partial charge in [-0.25, -0.2) is 12.8 Å². The zero-order valence-corrected chi connectivity index (χ0v) is 16.8. The normalized spacial score (nSPS) is 24.8. The highest BCUT2D eigenvalue weighted by Gasteiger charge is 2.49. The Labute approximate surface area is 165 Å². The first-order valence-electron chi connectivity index (χ1n) is 8.59. The highest BCUT2D eigenvalue weighted by atomic mass is 79.9. The first-order valence-corrected chi connectivity index (χ1v) is 11.2. The molecule has 2 aliphatic heterocycles. The van der Waals surface area contributed by atoms with Gasteiger partial charge in [0.05, 0.1) is 24.1 Å². The van der Waals surface area contributed by atoms with E-state index in [9.17, 15) is 17.6 Å². The standard InChI is InChI=1S/C19H18BrFN2O3S/c20-14-5-7-15(8-6-14)23-18-12-27(25,26)11-17(18)22(10-19(23)24)9-13-3-1-2-4-16(13)21/h1-8,17-18H,9-12H2/t17-,18+/m0/s1. The number of hydrogen-bond donors (Lipinski definition) is 0. The smallest absolute Gasteiger partial charge is 0.241 e. The predicted octanol–water partition coefficient (Wildman–Crippen LogP) is 2.60. The quantitative estimate of drug-likeness (QED) is 0.717. The van der Waals surface area contributed by atoms with Crippen LogP contribution in [0.4, 0.5) is 10.1 Å². The zero-order chi connectivity index (χ0) is 19.2. The van der Waals surface area contributed by atoms with Crippen molar-refractivity contribution in [2.24, 2.45) is 0 Å². The lowest BCUT2D eigenvalue weighted by atomic mass is 10.0. The molecule has 0 N–H and O–H groups in total. The van der Waals surface area contributed by atoms with E-state index in [-0.39, 0.29) is 42.4 Å². The second-order valence-electron chi connectivity index (χ2n) is 6.95. The highest BCUT2D eigenvalue weighted by molar-refractivity contribution is 9.10. The molecule has 5 nitrogen and oxygen atoms in total. The van der Waals surface area contributed by atoms with Crippen molar-refractivity contribution < 1.29 is 17.6 Å². The third-order valence-electron chi connectivity index (χ3n) is 5.14. The molecule has 2 heterocycles. The fourth-order valence-electron chi connectivity index (χ4n) is 3.91. The molecule has 2 atom stereocenters. The molecule has 2 fully saturated rings. The van der Waals surface area contributed by atoms with Crippen LogP contribution >= 0.6 is 15.9 Å². The lowest BCUT2D eigenvalue weighted by molar-refractivity contribution is -0.123. The van der Waals surface area contributed by atoms with E-state index in [1.807, 2.05) is 12.1 Å². The maximum atomic E-state index is 14.1. The van der Waals surface area contributed by atoms with Gasteiger partial charge in [-0.15, -0.1) is 0 Å². The van der Waals surface area contributed by atoms with Crippen molar-refractivity contribution in [1.29, 1.82) is 0 Å². The second kappa shape index (κ2) is 7.00. The number of halogens is 2. The summed E-state index contributed by atoms with van der Waals surface area (Å²) >= 11 is 3.37. The van der Waals surface area contributed by atoms with Gasteiger partial charge in [-0.05, 0) is 30.3 Å². The van der Waals surface area contributed by atoms with Crippen molar-refractivity contribution in [2.75, 3.05) is 23.0 Å². The minimum Gasteiger partial charge on any atom is -0.306 e. The Morgan fingerprint density at radius 1 is 1.04 bits per heavy atom. The fourth-order valence-corrected chi connectivity index (χ4v) is 6.16. The molecule has 142 valence electrons. The lowest BCUT2D eigenvalue weighted by Crippen LogP contribution is -2.61. The summed E-state index contributed by atoms with van der Waals surface area (Å²) in [7, 11) is -3.28. The molecule has 27 heavy (non-hydrogen) atoms. The molecule has 8 heteroatoms. The van der Waals surface area contributed by atoms with Gasteiger partial charge in [0, 0.05) is 28.3 Å². The molecule has 0 radical (unpaired) electrons. The van der Waals surface area contributed by atoms with Gasteiger partial charge in [0.15, 0.2) is 9.84 Å². The van der Waals surface area contributed by atoms with Crippen molar-refractivity contribution in [3.05, 3.63) is 64.4 Å². The minimum absolute atomic E-state index is 0.0214. The molecule has 4 rings (SSSR count). The van der Waals surface area contributed by atoms with Crippen molar-refractivity contribution >= 4 is 37.4 Å². The SMILES string of the molecule is O=C1CN(Cc2ccccc2F)[C@H]2CS(=O)(=O)C[C@H]2N1c1ccc(Br)cc1. The Morgan fingerprint density at radius 2 is 1.70 bits per heavy atom. The van der Waals surface area contributed by atoms with Crippen LogP contribution in [0.1, 0.15) is 5.56 Å². The Morgan fingerprint density at radius 3 is 2.41 bits per heavy atom. The van der Waals surface area contributed by atoms with E-state index in [1.54, 1.807) is 40.1 Å². The molecular weight excluding hydrogens is 435 g/mol. The Bertz CT molecular complexity index is 981. The fraction of sp³-hybridized carbons (Fsp3) is 0.316. The van der Waals surface area contributed by atoms with Crippen molar-refractivity contribution in [1.82, 2.24) is 4.90 Å². The number of piperazine rings is 1. The first kappa shape index (κ1) is 18.6. The van der Waals surface area contributed by atoms with Gasteiger partial charge in [0.25, 0.3) is 0 Å². The summed E-state index contributed by atoms with van der Waals surface area (Å²) in [4.78, 5) is 16.3. The summed E-state index contributed by atoms with van der Waals surface area (Å²) in [5.41, 5.74) is 1.14. The zero-order valence-electron chi connectivity index (χ0n) is 14.4. The van der Waals surface area contributed by atoms with Crippen LogP contribution in [0.5, 0.6) is 0 Å². The van der Waals surface area contributed by atoms with E-state index in [4.69, 9.17) is 0 Å². The number of sulfone groups is 1. The first-order chi connectivity index (χ1) is 12.8. The summed E-state index contributed by atoms with van der Waals surface area (Å²) in [6, 6.07) is 12.8. The van der Waals surface area contributed by atoms with E-state index >= 15 is 0 Å². The average molecular weight is 453 g/mol. The van der Waals surface area contributed by atoms with Crippen LogP contribution in [0.2, 0.25) is 0 Å². The second-order valence-corrected chi connectivity index (χ2v) is 10.0. The van der Waals surface area contributed by atoms with Gasteiger partial charge in [-0.1, -0.05) is 34.1 Å². The van der Waals surface area contributed by atoms with E-state index in [0.29, 0.717) is 11.3 Å². The number of carbonyl (C=O) groups is 1. The van der Waals surface area contributed by atoms with Crippen LogP contribution in [0.25, 0.3) is 0 Å². The van der Waals surface area contributed by atoms with E-state index in [1.165, 1.54) is 6.07 Å². The summed E-state index contributed by atoms with van der Waals surface area (Å²) in [6.07, 6.45) is 0. The number of anilines is 1. The van der Waals surface area contributed by atoms with Gasteiger partial charge in [0.2, 0.25) is 5.91 Å². The van der Waals surface area contributed by atoms with Crippen LogP contribution < -0.4 is 4.90 Å². The summed E-state index contributed by atoms with van der Waals surface area (Å²) in [5, 5.41) is 0. The van der Waals surface area contributed by atoms with Crippen LogP contribution in [-0.2, 0) is 21.2 Å². The summed E-state index contributed by atoms with van der Waals surface area (Å²) in [6.45, 7) is 0.268. The minimum atomic E-state index is -3.28. The molecule has 2 aromatic carbocycles. The van der Waals surface area contributed by atoms with Gasteiger partial charge in [-0.3, -0.25) is 9.69 Å². The van der Waals surface area contributed by atoms with E-state index in [0.717, 1.165) is 4.47 Å². The van der Waals surface area contributed by atoms with Gasteiger partial charge < -0.3 is 4.90 Å². The van der Waals surface area contributed by atoms with E-state index < -0.39 is 15.9 Å². The molecule has 0 saturated carbocycles. The predicted molar refractivity (Wildman–Crippen MR) is 105 cm³/mol. The highest BCUT2D eigenvalue weighted by Crippen LogP contribution is 2.33. The number of hydrogen-bond acceptors (Lipinski definition) is 4. The van der Waals surface area contributed by atoms with Crippen LogP contribution in [0.3, 0.4) is 0 Å². The Hall–Kier alpha value is -1.77. The molecule has 2 aliphatic rings. The molecule has 0 bridgehead atoms. The Kier molecular flexibility index (Phi) is 4.82. The lowest BCUT2D eigenvalue weighted by Gasteiger charge is -2.43. The molecule has 2 saturated heterocycles. The van der Waals surface area contributed by atoms with Crippen molar-refractivity contribution in [3.8, 4) is 0 Å². The van der Waals surface area contributed by atoms with Crippen LogP contribution in [-0.4, -0.2) is 49.4 Å². The number of benzene rings is 2. The summed E-state index contributed by atoms with van der Waals surface area (Å²) in [5.74, 6) is -0.621. The molecule has 0 unspecified atom stereocenters. The monoisotopic (exact) mass is 452 g/mol. The summed E-state index contributed by atoms with van der Waals surface area (Å²) < 4.78 is 39.7. The third kappa shape index (κ3) is 3.66. The maximum absolute atomic E-state index is 14.1. The topological polar surface area (TPSA) is 57.7 Å². The van der Waals surface area contributed by atoms with Crippen LogP contribution in [0.15, 0.2) is 53.0 Å². The molecule has 0 spiro atoms. The molecule has 2 aromatic rings. The number of rotatable bonds is 3. The molecule has 1 amide bonds. The largest absolute Gasteiger partial charge is 0.306 e. The molecular formula is C19H18BrFN2O3S. The molecule has 0 aromatic heterocycles. The van der Waals surface area contributed by atoms with Crippen molar-refractivity contribution in [2.45, 2.75) is 18.6 Å². The number of nitrogens with zero attached hydrogens (tertiary/aromatic N) is 2. The Balaban J connectivity index is 1.68. The van der Waals surface area contributed by atoms with Crippen molar-refractivity contribution in [3.63, 3.8) is 0 Å². The van der Waals surface area contributed by atoms with Gasteiger partial charge in [-0.2, -0.15) is 0 Å². The number of fused-ring (bicyclic) bond motifs is 1. The molecule has 0 aliphatic carbocycles. The average Bonchev–Trinajstić information content (AvgIpc) is 2.93. The van der Waals surface area contributed by atoms with Gasteiger partial charge >= 0.3 is 0 Å². The third-order valence-corrected chi connectivity index (χ3v) is 7.36. The number of amides is 1. The van der Waals surface area contributed by atoms with E-state index in [2.05, 4.69) is 15.9 Å². The maximum Gasteiger partial charge on any atom is 0.241 e. The van der Waals surface area contributed by atoms with Crippen LogP contribution in [0, 0.1) is 5.82 Å².